The van der Waals surface area contributed by atoms with E-state index in [2.05, 4.69) is 51.5 Å². The van der Waals surface area contributed by atoms with Gasteiger partial charge in [-0.05, 0) is 88.1 Å². The summed E-state index contributed by atoms with van der Waals surface area (Å²) in [6, 6.07) is 12.4. The van der Waals surface area contributed by atoms with Crippen LogP contribution in [0, 0.1) is 14.9 Å². The zero-order valence-corrected chi connectivity index (χ0v) is 20.4. The Morgan fingerprint density at radius 2 is 2.07 bits per heavy atom. The van der Waals surface area contributed by atoms with Gasteiger partial charge < -0.3 is 5.73 Å². The number of halogens is 2. The van der Waals surface area contributed by atoms with Gasteiger partial charge in [0.1, 0.15) is 5.82 Å². The number of allylic oxidation sites excluding steroid dienone is 3. The molecule has 1 unspecified atom stereocenters. The molecular weight excluding hydrogens is 561 g/mol. The summed E-state index contributed by atoms with van der Waals surface area (Å²) in [5.74, 6) is 0.161. The van der Waals surface area contributed by atoms with Gasteiger partial charge in [0.05, 0.1) is 17.6 Å². The molecule has 148 valence electrons. The van der Waals surface area contributed by atoms with Crippen LogP contribution >= 0.6 is 49.9 Å². The van der Waals surface area contributed by atoms with Gasteiger partial charge in [-0.3, -0.25) is 9.69 Å². The minimum absolute atomic E-state index is 0.120. The Balaban J connectivity index is 1.95. The Kier molecular flexibility index (Phi) is 5.87. The van der Waals surface area contributed by atoms with Gasteiger partial charge in [0.25, 0.3) is 0 Å². The second kappa shape index (κ2) is 8.25. The molecule has 0 spiro atoms. The van der Waals surface area contributed by atoms with Gasteiger partial charge in [-0.15, -0.1) is 11.3 Å². The fraction of sp³-hybridized carbons (Fsp3) is 0.273. The number of nitriles is 1. The van der Waals surface area contributed by atoms with Crippen molar-refractivity contribution in [3.8, 4) is 6.07 Å². The zero-order valence-electron chi connectivity index (χ0n) is 15.8. The summed E-state index contributed by atoms with van der Waals surface area (Å²) in [4.78, 5) is 17.2. The van der Waals surface area contributed by atoms with Gasteiger partial charge in [0.2, 0.25) is 0 Å². The number of nitrogens with two attached hydrogens (primary N) is 1. The van der Waals surface area contributed by atoms with Crippen molar-refractivity contribution in [1.82, 2.24) is 0 Å². The molecule has 0 amide bonds. The molecule has 1 aromatic heterocycles. The number of ketones is 1. The maximum absolute atomic E-state index is 13.1. The molecule has 0 saturated heterocycles. The molecule has 0 bridgehead atoms. The standard InChI is InChI=1S/C22H19BrIN3OS/c1-2-18-15(23)10-19(29-18)20-14(11-25)22(26)27(13-8-6-12(24)7-9-13)16-4-3-5-17(28)21(16)20/h6-10,20H,2-5,26H2,1H3. The fourth-order valence-corrected chi connectivity index (χ4v) is 6.46. The molecule has 2 aliphatic rings. The minimum atomic E-state index is -0.385. The Bertz CT molecular complexity index is 1090. The summed E-state index contributed by atoms with van der Waals surface area (Å²) in [5, 5.41) is 10.1. The molecule has 0 radical (unpaired) electrons. The first-order valence-corrected chi connectivity index (χ1v) is 12.1. The lowest BCUT2D eigenvalue weighted by Crippen LogP contribution is -2.38. The van der Waals surface area contributed by atoms with Crippen molar-refractivity contribution in [2.24, 2.45) is 5.73 Å². The first-order chi connectivity index (χ1) is 14.0. The predicted octanol–water partition coefficient (Wildman–Crippen LogP) is 5.98. The van der Waals surface area contributed by atoms with Crippen molar-refractivity contribution in [3.05, 3.63) is 70.8 Å². The topological polar surface area (TPSA) is 70.1 Å². The van der Waals surface area contributed by atoms with Crippen molar-refractivity contribution in [1.29, 1.82) is 5.26 Å². The van der Waals surface area contributed by atoms with Gasteiger partial charge in [0, 0.05) is 41.2 Å². The van der Waals surface area contributed by atoms with Gasteiger partial charge in [0.15, 0.2) is 5.78 Å². The highest BCUT2D eigenvalue weighted by atomic mass is 127. The van der Waals surface area contributed by atoms with E-state index in [1.807, 2.05) is 35.2 Å². The summed E-state index contributed by atoms with van der Waals surface area (Å²) < 4.78 is 2.15. The number of hydrogen-bond donors (Lipinski definition) is 1. The summed E-state index contributed by atoms with van der Waals surface area (Å²) in [6.45, 7) is 2.10. The van der Waals surface area contributed by atoms with E-state index >= 15 is 0 Å². The van der Waals surface area contributed by atoms with Crippen molar-refractivity contribution in [2.75, 3.05) is 4.90 Å². The Morgan fingerprint density at radius 1 is 1.34 bits per heavy atom. The molecule has 1 aromatic carbocycles. The highest BCUT2D eigenvalue weighted by molar-refractivity contribution is 14.1. The number of benzene rings is 1. The van der Waals surface area contributed by atoms with E-state index < -0.39 is 0 Å². The lowest BCUT2D eigenvalue weighted by Gasteiger charge is -2.39. The Morgan fingerprint density at radius 3 is 2.69 bits per heavy atom. The largest absolute Gasteiger partial charge is 0.384 e. The monoisotopic (exact) mass is 579 g/mol. The maximum Gasteiger partial charge on any atom is 0.161 e. The molecule has 1 atom stereocenters. The molecule has 29 heavy (non-hydrogen) atoms. The Hall–Kier alpha value is -1.63. The van der Waals surface area contributed by atoms with Crippen LogP contribution in [0.5, 0.6) is 0 Å². The SMILES string of the molecule is CCc1sc(C2C(C#N)=C(N)N(c3ccc(I)cc3)C3=C2C(=O)CCC3)cc1Br. The van der Waals surface area contributed by atoms with Crippen LogP contribution in [-0.2, 0) is 11.2 Å². The molecule has 7 heteroatoms. The third-order valence-corrected chi connectivity index (χ3v) is 8.41. The smallest absolute Gasteiger partial charge is 0.161 e. The van der Waals surface area contributed by atoms with Crippen LogP contribution in [0.2, 0.25) is 0 Å². The maximum atomic E-state index is 13.1. The summed E-state index contributed by atoms with van der Waals surface area (Å²) in [5.41, 5.74) is 9.60. The molecule has 2 aromatic rings. The van der Waals surface area contributed by atoms with E-state index in [0.717, 1.165) is 49.1 Å². The van der Waals surface area contributed by atoms with E-state index in [-0.39, 0.29) is 11.7 Å². The summed E-state index contributed by atoms with van der Waals surface area (Å²) >= 11 is 7.54. The number of rotatable bonds is 3. The first-order valence-electron chi connectivity index (χ1n) is 9.46. The molecule has 4 nitrogen and oxygen atoms in total. The quantitative estimate of drug-likeness (QED) is 0.454. The highest BCUT2D eigenvalue weighted by Gasteiger charge is 2.41. The number of hydrogen-bond acceptors (Lipinski definition) is 5. The molecule has 1 aliphatic heterocycles. The number of Topliss-reactive ketones (excluding diaryl/α,β-unsaturated/α-hetero) is 1. The number of thiophene rings is 1. The van der Waals surface area contributed by atoms with E-state index in [1.54, 1.807) is 11.3 Å². The number of carbonyl (C=O) groups excluding carboxylic acids is 1. The molecule has 0 saturated carbocycles. The van der Waals surface area contributed by atoms with E-state index in [1.165, 1.54) is 4.88 Å². The van der Waals surface area contributed by atoms with Gasteiger partial charge >= 0.3 is 0 Å². The third-order valence-electron chi connectivity index (χ3n) is 5.38. The van der Waals surface area contributed by atoms with Crippen LogP contribution in [0.4, 0.5) is 5.69 Å². The minimum Gasteiger partial charge on any atom is -0.384 e. The van der Waals surface area contributed by atoms with Crippen LogP contribution in [-0.4, -0.2) is 5.78 Å². The molecule has 4 rings (SSSR count). The average molecular weight is 580 g/mol. The van der Waals surface area contributed by atoms with Crippen LogP contribution in [0.15, 0.2) is 57.5 Å². The highest BCUT2D eigenvalue weighted by Crippen LogP contribution is 2.48. The summed E-state index contributed by atoms with van der Waals surface area (Å²) in [6.07, 6.45) is 2.99. The van der Waals surface area contributed by atoms with Crippen molar-refractivity contribution >= 4 is 61.3 Å². The van der Waals surface area contributed by atoms with E-state index in [9.17, 15) is 10.1 Å². The fourth-order valence-electron chi connectivity index (χ4n) is 4.07. The van der Waals surface area contributed by atoms with Crippen molar-refractivity contribution in [3.63, 3.8) is 0 Å². The average Bonchev–Trinajstić information content (AvgIpc) is 3.08. The second-order valence-electron chi connectivity index (χ2n) is 7.07. The number of nitrogens with zero attached hydrogens (tertiary/aromatic N) is 2. The normalized spacial score (nSPS) is 19.4. The lowest BCUT2D eigenvalue weighted by atomic mass is 9.78. The summed E-state index contributed by atoms with van der Waals surface area (Å²) in [7, 11) is 0. The molecular formula is C22H19BrIN3OS. The predicted molar refractivity (Wildman–Crippen MR) is 128 cm³/mol. The van der Waals surface area contributed by atoms with Crippen LogP contribution < -0.4 is 10.6 Å². The van der Waals surface area contributed by atoms with Crippen LogP contribution in [0.3, 0.4) is 0 Å². The molecule has 0 fully saturated rings. The third kappa shape index (κ3) is 3.56. The second-order valence-corrected chi connectivity index (χ2v) is 10.3. The molecule has 1 aliphatic carbocycles. The number of anilines is 1. The lowest BCUT2D eigenvalue weighted by molar-refractivity contribution is -0.116. The van der Waals surface area contributed by atoms with Gasteiger partial charge in [-0.1, -0.05) is 6.92 Å². The van der Waals surface area contributed by atoms with E-state index in [0.29, 0.717) is 17.8 Å². The van der Waals surface area contributed by atoms with Crippen LogP contribution in [0.1, 0.15) is 41.9 Å². The molecule has 2 N–H and O–H groups in total. The van der Waals surface area contributed by atoms with Crippen molar-refractivity contribution in [2.45, 2.75) is 38.5 Å². The number of carbonyl (C=O) groups is 1. The van der Waals surface area contributed by atoms with Gasteiger partial charge in [-0.2, -0.15) is 5.26 Å². The molecule has 2 heterocycles. The van der Waals surface area contributed by atoms with Crippen molar-refractivity contribution < 1.29 is 4.79 Å². The van der Waals surface area contributed by atoms with E-state index in [4.69, 9.17) is 5.73 Å². The number of aryl methyl sites for hydroxylation is 1. The first kappa shape index (κ1) is 20.6. The Labute approximate surface area is 196 Å². The van der Waals surface area contributed by atoms with Gasteiger partial charge in [-0.25, -0.2) is 0 Å². The zero-order chi connectivity index (χ0) is 20.7. The van der Waals surface area contributed by atoms with Crippen LogP contribution in [0.25, 0.3) is 0 Å².